The van der Waals surface area contributed by atoms with Gasteiger partial charge in [0.2, 0.25) is 5.91 Å². The maximum Gasteiger partial charge on any atom is 0.227 e. The van der Waals surface area contributed by atoms with Crippen molar-refractivity contribution in [2.75, 3.05) is 5.32 Å². The van der Waals surface area contributed by atoms with Crippen LogP contribution in [0.3, 0.4) is 0 Å². The van der Waals surface area contributed by atoms with E-state index < -0.39 is 0 Å². The number of amides is 1. The van der Waals surface area contributed by atoms with Crippen LogP contribution < -0.4 is 5.32 Å². The lowest BCUT2D eigenvalue weighted by molar-refractivity contribution is -0.122. The van der Waals surface area contributed by atoms with Crippen LogP contribution in [0.25, 0.3) is 0 Å². The lowest BCUT2D eigenvalue weighted by Gasteiger charge is -2.24. The van der Waals surface area contributed by atoms with Gasteiger partial charge in [0, 0.05) is 17.7 Å². The molecule has 15 heavy (non-hydrogen) atoms. The normalized spacial score (nSPS) is 15.8. The summed E-state index contributed by atoms with van der Waals surface area (Å²) in [5.41, 5.74) is 1.49. The SMILES string of the molecule is Cc1ccc(NC(=O)C2CCC2)cc1O. The molecule has 0 spiro atoms. The van der Waals surface area contributed by atoms with Crippen LogP contribution in [-0.4, -0.2) is 11.0 Å². The van der Waals surface area contributed by atoms with E-state index in [0.717, 1.165) is 24.8 Å². The fourth-order valence-corrected chi connectivity index (χ4v) is 1.60. The summed E-state index contributed by atoms with van der Waals surface area (Å²) < 4.78 is 0. The third-order valence-corrected chi connectivity index (χ3v) is 2.95. The van der Waals surface area contributed by atoms with E-state index in [1.165, 1.54) is 0 Å². The van der Waals surface area contributed by atoms with Crippen molar-refractivity contribution in [3.05, 3.63) is 23.8 Å². The molecule has 1 saturated carbocycles. The zero-order valence-corrected chi connectivity index (χ0v) is 8.79. The van der Waals surface area contributed by atoms with Gasteiger partial charge in [0.05, 0.1) is 0 Å². The second kappa shape index (κ2) is 3.93. The first kappa shape index (κ1) is 10.0. The molecule has 0 unspecified atom stereocenters. The zero-order valence-electron chi connectivity index (χ0n) is 8.79. The molecule has 0 bridgehead atoms. The maximum absolute atomic E-state index is 11.6. The van der Waals surface area contributed by atoms with Gasteiger partial charge in [-0.2, -0.15) is 0 Å². The van der Waals surface area contributed by atoms with E-state index in [4.69, 9.17) is 0 Å². The van der Waals surface area contributed by atoms with E-state index in [0.29, 0.717) is 5.69 Å². The lowest BCUT2D eigenvalue weighted by atomic mass is 9.85. The average Bonchev–Trinajstić information content (AvgIpc) is 2.08. The molecule has 0 radical (unpaired) electrons. The van der Waals surface area contributed by atoms with Crippen LogP contribution in [0.5, 0.6) is 5.75 Å². The Bertz CT molecular complexity index is 383. The second-order valence-corrected chi connectivity index (χ2v) is 4.12. The summed E-state index contributed by atoms with van der Waals surface area (Å²) in [6.45, 7) is 1.83. The fourth-order valence-electron chi connectivity index (χ4n) is 1.60. The Morgan fingerprint density at radius 2 is 2.20 bits per heavy atom. The molecular weight excluding hydrogens is 190 g/mol. The molecule has 3 nitrogen and oxygen atoms in total. The summed E-state index contributed by atoms with van der Waals surface area (Å²) >= 11 is 0. The Morgan fingerprint density at radius 1 is 1.47 bits per heavy atom. The molecule has 80 valence electrons. The van der Waals surface area contributed by atoms with Crippen molar-refractivity contribution in [3.8, 4) is 5.75 Å². The van der Waals surface area contributed by atoms with Crippen LogP contribution >= 0.6 is 0 Å². The molecular formula is C12H15NO2. The lowest BCUT2D eigenvalue weighted by Crippen LogP contribution is -2.27. The van der Waals surface area contributed by atoms with Gasteiger partial charge in [0.15, 0.2) is 0 Å². The number of anilines is 1. The van der Waals surface area contributed by atoms with E-state index in [-0.39, 0.29) is 17.6 Å². The van der Waals surface area contributed by atoms with Crippen molar-refractivity contribution in [1.29, 1.82) is 0 Å². The highest BCUT2D eigenvalue weighted by molar-refractivity contribution is 5.93. The Morgan fingerprint density at radius 3 is 2.73 bits per heavy atom. The van der Waals surface area contributed by atoms with Crippen molar-refractivity contribution < 1.29 is 9.90 Å². The van der Waals surface area contributed by atoms with Crippen LogP contribution in [0.4, 0.5) is 5.69 Å². The molecule has 0 aromatic heterocycles. The van der Waals surface area contributed by atoms with Gasteiger partial charge in [-0.3, -0.25) is 4.79 Å². The molecule has 0 aliphatic heterocycles. The summed E-state index contributed by atoms with van der Waals surface area (Å²) in [4.78, 5) is 11.6. The van der Waals surface area contributed by atoms with E-state index in [9.17, 15) is 9.90 Å². The number of aryl methyl sites for hydroxylation is 1. The number of nitrogens with one attached hydrogen (secondary N) is 1. The summed E-state index contributed by atoms with van der Waals surface area (Å²) in [6.07, 6.45) is 3.13. The number of carbonyl (C=O) groups is 1. The minimum atomic E-state index is 0.0736. The predicted molar refractivity (Wildman–Crippen MR) is 58.8 cm³/mol. The smallest absolute Gasteiger partial charge is 0.227 e. The Kier molecular flexibility index (Phi) is 2.62. The molecule has 1 aliphatic carbocycles. The molecule has 2 rings (SSSR count). The highest BCUT2D eigenvalue weighted by Crippen LogP contribution is 2.28. The number of phenols is 1. The van der Waals surface area contributed by atoms with Gasteiger partial charge in [0.25, 0.3) is 0 Å². The van der Waals surface area contributed by atoms with Gasteiger partial charge in [-0.15, -0.1) is 0 Å². The van der Waals surface area contributed by atoms with E-state index >= 15 is 0 Å². The van der Waals surface area contributed by atoms with Crippen molar-refractivity contribution in [2.45, 2.75) is 26.2 Å². The highest BCUT2D eigenvalue weighted by Gasteiger charge is 2.25. The molecule has 0 saturated heterocycles. The summed E-state index contributed by atoms with van der Waals surface area (Å²) in [5.74, 6) is 0.472. The van der Waals surface area contributed by atoms with Gasteiger partial charge in [0.1, 0.15) is 5.75 Å². The van der Waals surface area contributed by atoms with Gasteiger partial charge in [-0.05, 0) is 31.4 Å². The first-order valence-electron chi connectivity index (χ1n) is 5.27. The highest BCUT2D eigenvalue weighted by atomic mass is 16.3. The topological polar surface area (TPSA) is 49.3 Å². The van der Waals surface area contributed by atoms with Gasteiger partial charge < -0.3 is 10.4 Å². The summed E-state index contributed by atoms with van der Waals surface area (Å²) in [5, 5.41) is 12.3. The van der Waals surface area contributed by atoms with Crippen molar-refractivity contribution in [2.24, 2.45) is 5.92 Å². The molecule has 0 atom stereocenters. The first-order chi connectivity index (χ1) is 7.16. The fraction of sp³-hybridized carbons (Fsp3) is 0.417. The molecule has 1 aliphatic rings. The van der Waals surface area contributed by atoms with Crippen LogP contribution in [-0.2, 0) is 4.79 Å². The monoisotopic (exact) mass is 205 g/mol. The van der Waals surface area contributed by atoms with Crippen LogP contribution in [0.1, 0.15) is 24.8 Å². The number of rotatable bonds is 2. The van der Waals surface area contributed by atoms with E-state index in [1.54, 1.807) is 12.1 Å². The molecule has 1 aromatic rings. The van der Waals surface area contributed by atoms with Crippen LogP contribution in [0.15, 0.2) is 18.2 Å². The summed E-state index contributed by atoms with van der Waals surface area (Å²) in [6, 6.07) is 5.20. The molecule has 1 aromatic carbocycles. The summed E-state index contributed by atoms with van der Waals surface area (Å²) in [7, 11) is 0. The van der Waals surface area contributed by atoms with Crippen molar-refractivity contribution in [3.63, 3.8) is 0 Å². The molecule has 0 heterocycles. The minimum absolute atomic E-state index is 0.0736. The quantitative estimate of drug-likeness (QED) is 0.779. The number of benzene rings is 1. The number of phenolic OH excluding ortho intramolecular Hbond substituents is 1. The molecule has 2 N–H and O–H groups in total. The Hall–Kier alpha value is -1.51. The Labute approximate surface area is 89.1 Å². The minimum Gasteiger partial charge on any atom is -0.508 e. The van der Waals surface area contributed by atoms with Crippen LogP contribution in [0, 0.1) is 12.8 Å². The first-order valence-corrected chi connectivity index (χ1v) is 5.27. The molecule has 1 fully saturated rings. The number of aromatic hydroxyl groups is 1. The zero-order chi connectivity index (χ0) is 10.8. The third kappa shape index (κ3) is 2.12. The van der Waals surface area contributed by atoms with E-state index in [1.807, 2.05) is 13.0 Å². The number of hydrogen-bond donors (Lipinski definition) is 2. The maximum atomic E-state index is 11.6. The van der Waals surface area contributed by atoms with Gasteiger partial charge >= 0.3 is 0 Å². The number of hydrogen-bond acceptors (Lipinski definition) is 2. The van der Waals surface area contributed by atoms with Crippen molar-refractivity contribution >= 4 is 11.6 Å². The Balaban J connectivity index is 2.03. The third-order valence-electron chi connectivity index (χ3n) is 2.95. The van der Waals surface area contributed by atoms with Gasteiger partial charge in [-0.1, -0.05) is 12.5 Å². The molecule has 1 amide bonds. The van der Waals surface area contributed by atoms with Crippen molar-refractivity contribution in [1.82, 2.24) is 0 Å². The van der Waals surface area contributed by atoms with Gasteiger partial charge in [-0.25, -0.2) is 0 Å². The standard InChI is InChI=1S/C12H15NO2/c1-8-5-6-10(7-11(8)14)13-12(15)9-3-2-4-9/h5-7,9,14H,2-4H2,1H3,(H,13,15). The predicted octanol–water partition coefficient (Wildman–Crippen LogP) is 2.44. The second-order valence-electron chi connectivity index (χ2n) is 4.12. The largest absolute Gasteiger partial charge is 0.508 e. The van der Waals surface area contributed by atoms with E-state index in [2.05, 4.69) is 5.32 Å². The molecule has 3 heteroatoms. The average molecular weight is 205 g/mol. The number of carbonyl (C=O) groups excluding carboxylic acids is 1. The van der Waals surface area contributed by atoms with Crippen LogP contribution in [0.2, 0.25) is 0 Å².